The van der Waals surface area contributed by atoms with Gasteiger partial charge in [-0.05, 0) is 70.6 Å². The number of sulfonamides is 1. The van der Waals surface area contributed by atoms with Gasteiger partial charge in [0.15, 0.2) is 11.5 Å². The Balaban J connectivity index is 1.63. The van der Waals surface area contributed by atoms with Crippen LogP contribution in [0.1, 0.15) is 11.1 Å². The largest absolute Gasteiger partial charge is 0.493 e. The van der Waals surface area contributed by atoms with Crippen molar-refractivity contribution in [3.63, 3.8) is 0 Å². The van der Waals surface area contributed by atoms with Crippen LogP contribution in [0.3, 0.4) is 0 Å². The zero-order valence-corrected chi connectivity index (χ0v) is 21.2. The zero-order valence-electron chi connectivity index (χ0n) is 20.4. The Morgan fingerprint density at radius 3 is 2.54 bits per heavy atom. The van der Waals surface area contributed by atoms with Crippen molar-refractivity contribution in [2.45, 2.75) is 11.3 Å². The minimum absolute atomic E-state index is 0.0530. The molecule has 0 aliphatic heterocycles. The van der Waals surface area contributed by atoms with Crippen LogP contribution >= 0.6 is 0 Å². The second-order valence-corrected chi connectivity index (χ2v) is 9.82. The summed E-state index contributed by atoms with van der Waals surface area (Å²) in [5.74, 6) is 0.427. The lowest BCUT2D eigenvalue weighted by Gasteiger charge is -2.13. The van der Waals surface area contributed by atoms with E-state index in [1.807, 2.05) is 12.1 Å². The molecule has 9 heteroatoms. The number of aromatic nitrogens is 1. The van der Waals surface area contributed by atoms with E-state index in [1.54, 1.807) is 56.8 Å². The van der Waals surface area contributed by atoms with Crippen LogP contribution in [0.4, 0.5) is 10.1 Å². The predicted molar refractivity (Wildman–Crippen MR) is 144 cm³/mol. The monoisotopic (exact) mass is 519 g/mol. The summed E-state index contributed by atoms with van der Waals surface area (Å²) in [6.45, 7) is 3.87. The number of rotatable bonds is 8. The molecular formula is C28H26FN3O4S. The number of hydrogen-bond acceptors (Lipinski definition) is 6. The molecule has 0 aliphatic rings. The van der Waals surface area contributed by atoms with Crippen molar-refractivity contribution in [2.75, 3.05) is 18.9 Å². The molecule has 0 radical (unpaired) electrons. The van der Waals surface area contributed by atoms with E-state index in [1.165, 1.54) is 24.4 Å². The maximum Gasteiger partial charge on any atom is 0.262 e. The van der Waals surface area contributed by atoms with Crippen molar-refractivity contribution in [1.82, 2.24) is 4.98 Å². The van der Waals surface area contributed by atoms with E-state index in [2.05, 4.69) is 16.3 Å². The summed E-state index contributed by atoms with van der Waals surface area (Å²) in [6.07, 6.45) is 6.62. The smallest absolute Gasteiger partial charge is 0.262 e. The van der Waals surface area contributed by atoms with Crippen molar-refractivity contribution < 1.29 is 22.3 Å². The van der Waals surface area contributed by atoms with Gasteiger partial charge in [0.05, 0.1) is 30.3 Å². The lowest BCUT2D eigenvalue weighted by atomic mass is 10.0. The van der Waals surface area contributed by atoms with Gasteiger partial charge in [0.2, 0.25) is 0 Å². The summed E-state index contributed by atoms with van der Waals surface area (Å²) in [5, 5.41) is 1.70. The lowest BCUT2D eigenvalue weighted by molar-refractivity contribution is 0.356. The van der Waals surface area contributed by atoms with E-state index >= 15 is 4.39 Å². The number of methoxy groups -OCH3 is 2. The average Bonchev–Trinajstić information content (AvgIpc) is 2.89. The molecule has 0 unspecified atom stereocenters. The number of fused-ring (bicyclic) bond motifs is 1. The number of pyridine rings is 1. The number of allylic oxidation sites excluding steroid dienone is 1. The Morgan fingerprint density at radius 1 is 1.08 bits per heavy atom. The number of anilines is 1. The SMILES string of the molecule is C=c1c(S(=O)(=O)Nc2ccc(Cc3ccnc4cc(OC)c(OC)cc34)cc2F)ccc/c1=C/C=C\N. The van der Waals surface area contributed by atoms with Crippen LogP contribution < -0.4 is 30.4 Å². The Bertz CT molecular complexity index is 1720. The summed E-state index contributed by atoms with van der Waals surface area (Å²) in [4.78, 5) is 4.34. The molecule has 0 saturated carbocycles. The van der Waals surface area contributed by atoms with Gasteiger partial charge in [-0.3, -0.25) is 9.71 Å². The van der Waals surface area contributed by atoms with Crippen LogP contribution in [-0.2, 0) is 16.4 Å². The summed E-state index contributed by atoms with van der Waals surface area (Å²) >= 11 is 0. The van der Waals surface area contributed by atoms with Crippen molar-refractivity contribution in [3.8, 4) is 11.5 Å². The first-order chi connectivity index (χ1) is 17.8. The maximum absolute atomic E-state index is 15.1. The highest BCUT2D eigenvalue weighted by Crippen LogP contribution is 2.33. The first kappa shape index (κ1) is 25.7. The van der Waals surface area contributed by atoms with Gasteiger partial charge in [0, 0.05) is 17.6 Å². The van der Waals surface area contributed by atoms with E-state index in [-0.39, 0.29) is 15.8 Å². The van der Waals surface area contributed by atoms with Crippen LogP contribution in [-0.4, -0.2) is 27.6 Å². The Labute approximate surface area is 214 Å². The van der Waals surface area contributed by atoms with E-state index in [4.69, 9.17) is 15.2 Å². The topological polar surface area (TPSA) is 104 Å². The van der Waals surface area contributed by atoms with Crippen LogP contribution in [0.15, 0.2) is 78.0 Å². The number of benzene rings is 3. The van der Waals surface area contributed by atoms with Crippen molar-refractivity contribution in [3.05, 3.63) is 100 Å². The molecule has 3 aromatic carbocycles. The fourth-order valence-electron chi connectivity index (χ4n) is 4.00. The molecule has 0 spiro atoms. The minimum Gasteiger partial charge on any atom is -0.493 e. The molecule has 0 amide bonds. The third kappa shape index (κ3) is 5.41. The Kier molecular flexibility index (Phi) is 7.45. The van der Waals surface area contributed by atoms with Crippen LogP contribution in [0.5, 0.6) is 11.5 Å². The van der Waals surface area contributed by atoms with Gasteiger partial charge >= 0.3 is 0 Å². The number of nitrogens with two attached hydrogens (primary N) is 1. The molecule has 190 valence electrons. The number of hydrogen-bond donors (Lipinski definition) is 2. The van der Waals surface area contributed by atoms with Crippen LogP contribution in [0, 0.1) is 5.82 Å². The summed E-state index contributed by atoms with van der Waals surface area (Å²) in [7, 11) is -0.983. The summed E-state index contributed by atoms with van der Waals surface area (Å²) in [5.41, 5.74) is 7.48. The molecule has 4 rings (SSSR count). The van der Waals surface area contributed by atoms with Crippen molar-refractivity contribution >= 4 is 39.3 Å². The molecule has 0 fully saturated rings. The molecular weight excluding hydrogens is 493 g/mol. The second-order valence-electron chi connectivity index (χ2n) is 8.17. The number of ether oxygens (including phenoxy) is 2. The molecule has 0 bridgehead atoms. The Hall–Kier alpha value is -4.37. The van der Waals surface area contributed by atoms with Gasteiger partial charge in [-0.2, -0.15) is 0 Å². The summed E-state index contributed by atoms with van der Waals surface area (Å²) < 4.78 is 54.2. The molecule has 37 heavy (non-hydrogen) atoms. The fraction of sp³-hybridized carbons (Fsp3) is 0.107. The normalized spacial score (nSPS) is 12.2. The average molecular weight is 520 g/mol. The molecule has 1 aromatic heterocycles. The third-order valence-electron chi connectivity index (χ3n) is 5.86. The Morgan fingerprint density at radius 2 is 1.84 bits per heavy atom. The number of halogens is 1. The number of nitrogens with zero attached hydrogens (tertiary/aromatic N) is 1. The molecule has 4 aromatic rings. The van der Waals surface area contributed by atoms with Crippen LogP contribution in [0.2, 0.25) is 0 Å². The maximum atomic E-state index is 15.1. The zero-order chi connectivity index (χ0) is 26.6. The highest BCUT2D eigenvalue weighted by molar-refractivity contribution is 7.92. The van der Waals surface area contributed by atoms with Gasteiger partial charge in [0.1, 0.15) is 5.82 Å². The van der Waals surface area contributed by atoms with Gasteiger partial charge in [-0.15, -0.1) is 0 Å². The van der Waals surface area contributed by atoms with Crippen molar-refractivity contribution in [1.29, 1.82) is 0 Å². The molecule has 0 aliphatic carbocycles. The fourth-order valence-corrected chi connectivity index (χ4v) is 5.27. The first-order valence-electron chi connectivity index (χ1n) is 11.2. The minimum atomic E-state index is -4.09. The van der Waals surface area contributed by atoms with Crippen LogP contribution in [0.25, 0.3) is 23.6 Å². The molecule has 0 saturated heterocycles. The molecule has 3 N–H and O–H groups in total. The van der Waals surface area contributed by atoms with E-state index in [9.17, 15) is 8.42 Å². The van der Waals surface area contributed by atoms with E-state index in [0.717, 1.165) is 10.9 Å². The lowest BCUT2D eigenvalue weighted by Crippen LogP contribution is -2.31. The van der Waals surface area contributed by atoms with E-state index in [0.29, 0.717) is 34.2 Å². The molecule has 7 nitrogen and oxygen atoms in total. The van der Waals surface area contributed by atoms with Gasteiger partial charge in [-0.25, -0.2) is 12.8 Å². The highest BCUT2D eigenvalue weighted by atomic mass is 32.2. The summed E-state index contributed by atoms with van der Waals surface area (Å²) in [6, 6.07) is 14.6. The highest BCUT2D eigenvalue weighted by Gasteiger charge is 2.18. The standard InChI is InChI=1S/C28H26FN3O4S/c1-18-20(7-5-12-30)6-4-8-28(18)37(33,34)32-24-10-9-19(15-23(24)29)14-21-11-13-31-25-17-27(36-3)26(35-2)16-22(21)25/h4-13,15-17,32H,1,14,30H2,2-3H3/b12-5-,20-7-. The predicted octanol–water partition coefficient (Wildman–Crippen LogP) is 3.45. The van der Waals surface area contributed by atoms with Gasteiger partial charge in [0.25, 0.3) is 10.0 Å². The van der Waals surface area contributed by atoms with Crippen molar-refractivity contribution in [2.24, 2.45) is 5.73 Å². The molecule has 1 heterocycles. The molecule has 0 atom stereocenters. The quantitative estimate of drug-likeness (QED) is 0.370. The van der Waals surface area contributed by atoms with Gasteiger partial charge in [-0.1, -0.05) is 30.9 Å². The first-order valence-corrected chi connectivity index (χ1v) is 12.7. The number of nitrogens with one attached hydrogen (secondary N) is 1. The third-order valence-corrected chi connectivity index (χ3v) is 7.31. The van der Waals surface area contributed by atoms with E-state index < -0.39 is 15.8 Å². The second kappa shape index (κ2) is 10.7. The van der Waals surface area contributed by atoms with Gasteiger partial charge < -0.3 is 15.2 Å².